The van der Waals surface area contributed by atoms with Crippen LogP contribution in [0.2, 0.25) is 0 Å². The molecule has 0 amide bonds. The van der Waals surface area contributed by atoms with Crippen LogP contribution >= 0.6 is 0 Å². The van der Waals surface area contributed by atoms with Crippen molar-refractivity contribution < 1.29 is 23.6 Å². The molecule has 0 N–H and O–H groups in total. The van der Waals surface area contributed by atoms with Gasteiger partial charge in [0, 0.05) is 5.56 Å². The van der Waals surface area contributed by atoms with Gasteiger partial charge in [0.1, 0.15) is 22.9 Å². The summed E-state index contributed by atoms with van der Waals surface area (Å²) in [7, 11) is 3.03. The maximum atomic E-state index is 12.4. The van der Waals surface area contributed by atoms with Gasteiger partial charge < -0.3 is 13.9 Å². The topological polar surface area (TPSA) is 110 Å². The highest BCUT2D eigenvalue weighted by molar-refractivity contribution is 6.07. The van der Waals surface area contributed by atoms with E-state index in [0.29, 0.717) is 40.0 Å². The van der Waals surface area contributed by atoms with Crippen LogP contribution < -0.4 is 9.47 Å². The van der Waals surface area contributed by atoms with Crippen molar-refractivity contribution in [2.24, 2.45) is 0 Å². The lowest BCUT2D eigenvalue weighted by Gasteiger charge is -2.07. The standard InChI is InChI=1S/C21H21N3O6/c1-13-21(24(26)27)14(2)23(22-13)12-17-7-6-16(30-17)8-9-18(25)15-5-10-19(28-3)20(11-15)29-4/h5-11H,12H2,1-4H3/b9-8+. The fourth-order valence-electron chi connectivity index (χ4n) is 3.07. The second-order valence-electron chi connectivity index (χ2n) is 6.51. The Balaban J connectivity index is 1.73. The van der Waals surface area contributed by atoms with Gasteiger partial charge in [0.15, 0.2) is 17.3 Å². The number of methoxy groups -OCH3 is 2. The number of furan rings is 1. The van der Waals surface area contributed by atoms with Gasteiger partial charge in [-0.05, 0) is 56.3 Å². The zero-order chi connectivity index (χ0) is 21.8. The lowest BCUT2D eigenvalue weighted by molar-refractivity contribution is -0.386. The van der Waals surface area contributed by atoms with Crippen LogP contribution in [0.3, 0.4) is 0 Å². The summed E-state index contributed by atoms with van der Waals surface area (Å²) in [5.74, 6) is 1.83. The van der Waals surface area contributed by atoms with Crippen molar-refractivity contribution in [2.75, 3.05) is 14.2 Å². The summed E-state index contributed by atoms with van der Waals surface area (Å²) in [6, 6.07) is 8.38. The van der Waals surface area contributed by atoms with Gasteiger partial charge in [0.25, 0.3) is 0 Å². The number of rotatable bonds is 8. The normalized spacial score (nSPS) is 11.1. The molecule has 0 atom stereocenters. The number of ketones is 1. The summed E-state index contributed by atoms with van der Waals surface area (Å²) in [5.41, 5.74) is 1.26. The summed E-state index contributed by atoms with van der Waals surface area (Å²) < 4.78 is 17.6. The van der Waals surface area contributed by atoms with Crippen molar-refractivity contribution in [3.8, 4) is 11.5 Å². The van der Waals surface area contributed by atoms with Crippen LogP contribution in [-0.4, -0.2) is 34.7 Å². The van der Waals surface area contributed by atoms with Crippen molar-refractivity contribution in [2.45, 2.75) is 20.4 Å². The summed E-state index contributed by atoms with van der Waals surface area (Å²) in [5, 5.41) is 15.3. The number of nitrogens with zero attached hydrogens (tertiary/aromatic N) is 3. The molecule has 0 aliphatic rings. The van der Waals surface area contributed by atoms with E-state index >= 15 is 0 Å². The number of carbonyl (C=O) groups is 1. The first-order chi connectivity index (χ1) is 14.3. The summed E-state index contributed by atoms with van der Waals surface area (Å²) in [6.07, 6.45) is 2.96. The van der Waals surface area contributed by atoms with Crippen LogP contribution in [0.4, 0.5) is 5.69 Å². The van der Waals surface area contributed by atoms with Crippen LogP contribution in [-0.2, 0) is 6.54 Å². The van der Waals surface area contributed by atoms with Gasteiger partial charge in [-0.1, -0.05) is 0 Å². The monoisotopic (exact) mass is 411 g/mol. The fourth-order valence-corrected chi connectivity index (χ4v) is 3.07. The Kier molecular flexibility index (Phi) is 6.01. The molecule has 1 aromatic carbocycles. The molecule has 0 fully saturated rings. The van der Waals surface area contributed by atoms with E-state index in [0.717, 1.165) is 0 Å². The van der Waals surface area contributed by atoms with Gasteiger partial charge >= 0.3 is 5.69 Å². The van der Waals surface area contributed by atoms with E-state index in [1.165, 1.54) is 25.0 Å². The van der Waals surface area contributed by atoms with E-state index in [9.17, 15) is 14.9 Å². The Morgan fingerprint density at radius 1 is 1.20 bits per heavy atom. The van der Waals surface area contributed by atoms with E-state index in [2.05, 4.69) is 5.10 Å². The van der Waals surface area contributed by atoms with Crippen LogP contribution in [0.25, 0.3) is 6.08 Å². The van der Waals surface area contributed by atoms with Gasteiger partial charge in [-0.2, -0.15) is 5.10 Å². The molecular weight excluding hydrogens is 390 g/mol. The van der Waals surface area contributed by atoms with E-state index < -0.39 is 4.92 Å². The van der Waals surface area contributed by atoms with Crippen molar-refractivity contribution in [1.82, 2.24) is 9.78 Å². The van der Waals surface area contributed by atoms with E-state index in [1.54, 1.807) is 50.3 Å². The van der Waals surface area contributed by atoms with Gasteiger partial charge in [-0.25, -0.2) is 0 Å². The summed E-state index contributed by atoms with van der Waals surface area (Å²) >= 11 is 0. The molecule has 0 aliphatic heterocycles. The predicted octanol–water partition coefficient (Wildman–Crippen LogP) is 3.96. The fraction of sp³-hybridized carbons (Fsp3) is 0.238. The molecule has 30 heavy (non-hydrogen) atoms. The molecule has 9 nitrogen and oxygen atoms in total. The molecule has 0 aliphatic carbocycles. The third-order valence-corrected chi connectivity index (χ3v) is 4.58. The summed E-state index contributed by atoms with van der Waals surface area (Å²) in [6.45, 7) is 3.49. The Bertz CT molecular complexity index is 1130. The number of ether oxygens (including phenoxy) is 2. The number of allylic oxidation sites excluding steroid dienone is 1. The lowest BCUT2D eigenvalue weighted by atomic mass is 10.1. The Morgan fingerprint density at radius 2 is 1.93 bits per heavy atom. The molecule has 0 spiro atoms. The first kappa shape index (κ1) is 20.8. The molecule has 0 bridgehead atoms. The number of benzene rings is 1. The third kappa shape index (κ3) is 4.24. The van der Waals surface area contributed by atoms with Crippen LogP contribution in [0.1, 0.15) is 33.3 Å². The quantitative estimate of drug-likeness (QED) is 0.239. The molecule has 0 radical (unpaired) electrons. The zero-order valence-electron chi connectivity index (χ0n) is 17.0. The number of carbonyl (C=O) groups excluding carboxylic acids is 1. The first-order valence-corrected chi connectivity index (χ1v) is 9.05. The third-order valence-electron chi connectivity index (χ3n) is 4.58. The van der Waals surface area contributed by atoms with Crippen molar-refractivity contribution in [1.29, 1.82) is 0 Å². The minimum Gasteiger partial charge on any atom is -0.493 e. The van der Waals surface area contributed by atoms with Crippen molar-refractivity contribution in [3.63, 3.8) is 0 Å². The molecule has 0 saturated heterocycles. The maximum absolute atomic E-state index is 12.4. The van der Waals surface area contributed by atoms with Gasteiger partial charge in [0.05, 0.1) is 25.7 Å². The molecule has 2 aromatic heterocycles. The lowest BCUT2D eigenvalue weighted by Crippen LogP contribution is -2.03. The molecule has 3 rings (SSSR count). The van der Waals surface area contributed by atoms with E-state index in [4.69, 9.17) is 13.9 Å². The minimum atomic E-state index is -0.440. The van der Waals surface area contributed by atoms with Gasteiger partial charge in [-0.3, -0.25) is 19.6 Å². The molecule has 9 heteroatoms. The molecule has 3 aromatic rings. The van der Waals surface area contributed by atoms with Gasteiger partial charge in [-0.15, -0.1) is 0 Å². The van der Waals surface area contributed by atoms with Crippen LogP contribution in [0.15, 0.2) is 40.8 Å². The highest BCUT2D eigenvalue weighted by Crippen LogP contribution is 2.28. The molecular formula is C21H21N3O6. The molecule has 2 heterocycles. The van der Waals surface area contributed by atoms with Crippen LogP contribution in [0, 0.1) is 24.0 Å². The second kappa shape index (κ2) is 8.64. The Morgan fingerprint density at radius 3 is 2.57 bits per heavy atom. The average molecular weight is 411 g/mol. The van der Waals surface area contributed by atoms with E-state index in [1.807, 2.05) is 0 Å². The minimum absolute atomic E-state index is 0.00203. The Hall–Kier alpha value is -3.88. The van der Waals surface area contributed by atoms with Crippen molar-refractivity contribution >= 4 is 17.5 Å². The number of hydrogen-bond acceptors (Lipinski definition) is 7. The first-order valence-electron chi connectivity index (χ1n) is 9.05. The number of nitro groups is 1. The number of aromatic nitrogens is 2. The second-order valence-corrected chi connectivity index (χ2v) is 6.51. The van der Waals surface area contributed by atoms with Crippen molar-refractivity contribution in [3.05, 3.63) is 75.0 Å². The smallest absolute Gasteiger partial charge is 0.312 e. The highest BCUT2D eigenvalue weighted by Gasteiger charge is 2.22. The van der Waals surface area contributed by atoms with Gasteiger partial charge in [0.2, 0.25) is 0 Å². The number of aryl methyl sites for hydroxylation is 1. The average Bonchev–Trinajstić information content (AvgIpc) is 3.29. The SMILES string of the molecule is COc1ccc(C(=O)/C=C/c2ccc(Cn3nc(C)c([N+](=O)[O-])c3C)o2)cc1OC. The number of hydrogen-bond donors (Lipinski definition) is 0. The molecule has 156 valence electrons. The largest absolute Gasteiger partial charge is 0.493 e. The molecule has 0 saturated carbocycles. The predicted molar refractivity (Wildman–Crippen MR) is 109 cm³/mol. The maximum Gasteiger partial charge on any atom is 0.312 e. The van der Waals surface area contributed by atoms with Crippen LogP contribution in [0.5, 0.6) is 11.5 Å². The highest BCUT2D eigenvalue weighted by atomic mass is 16.6. The Labute approximate surface area is 172 Å². The molecule has 0 unspecified atom stereocenters. The van der Waals surface area contributed by atoms with E-state index in [-0.39, 0.29) is 18.0 Å². The zero-order valence-corrected chi connectivity index (χ0v) is 17.0. The summed E-state index contributed by atoms with van der Waals surface area (Å²) in [4.78, 5) is 23.1.